The fourth-order valence-corrected chi connectivity index (χ4v) is 3.68. The summed E-state index contributed by atoms with van der Waals surface area (Å²) in [6, 6.07) is 11.5. The first kappa shape index (κ1) is 18.1. The predicted octanol–water partition coefficient (Wildman–Crippen LogP) is 4.03. The van der Waals surface area contributed by atoms with Gasteiger partial charge in [-0.1, -0.05) is 18.2 Å². The summed E-state index contributed by atoms with van der Waals surface area (Å²) in [4.78, 5) is 26.1. The van der Waals surface area contributed by atoms with Crippen LogP contribution in [0, 0.1) is 0 Å². The fraction of sp³-hybridized carbons (Fsp3) is 0.200. The highest BCUT2D eigenvalue weighted by atomic mass is 19.4. The molecule has 0 fully saturated rings. The molecule has 1 unspecified atom stereocenters. The van der Waals surface area contributed by atoms with Gasteiger partial charge in [-0.2, -0.15) is 13.2 Å². The van der Waals surface area contributed by atoms with E-state index in [0.29, 0.717) is 22.2 Å². The minimum absolute atomic E-state index is 0.0250. The van der Waals surface area contributed by atoms with Crippen LogP contribution in [-0.2, 0) is 18.0 Å². The lowest BCUT2D eigenvalue weighted by Crippen LogP contribution is -2.32. The number of nitrogens with zero attached hydrogens (tertiary/aromatic N) is 2. The van der Waals surface area contributed by atoms with Gasteiger partial charge in [0.25, 0.3) is 5.91 Å². The van der Waals surface area contributed by atoms with Gasteiger partial charge in [0.15, 0.2) is 0 Å². The number of carbonyl (C=O) groups excluding carboxylic acids is 1. The molecule has 1 aromatic heterocycles. The van der Waals surface area contributed by atoms with Gasteiger partial charge in [-0.15, -0.1) is 0 Å². The molecule has 4 rings (SSSR count). The Labute approximate surface area is 157 Å². The van der Waals surface area contributed by atoms with Gasteiger partial charge >= 0.3 is 12.1 Å². The van der Waals surface area contributed by atoms with Crippen molar-refractivity contribution >= 4 is 28.5 Å². The van der Waals surface area contributed by atoms with E-state index < -0.39 is 29.5 Å². The van der Waals surface area contributed by atoms with Crippen molar-refractivity contribution in [3.05, 3.63) is 65.4 Å². The number of hydrogen-bond donors (Lipinski definition) is 1. The van der Waals surface area contributed by atoms with E-state index in [2.05, 4.69) is 0 Å². The summed E-state index contributed by atoms with van der Waals surface area (Å²) in [7, 11) is 1.60. The van der Waals surface area contributed by atoms with Crippen molar-refractivity contribution in [3.8, 4) is 0 Å². The maximum atomic E-state index is 13.1. The van der Waals surface area contributed by atoms with E-state index in [9.17, 15) is 27.9 Å². The molecule has 0 saturated carbocycles. The van der Waals surface area contributed by atoms with E-state index in [0.717, 1.165) is 12.1 Å². The molecule has 0 bridgehead atoms. The number of hydrogen-bond acceptors (Lipinski definition) is 2. The number of aryl methyl sites for hydroxylation is 1. The van der Waals surface area contributed by atoms with Crippen LogP contribution in [0.2, 0.25) is 0 Å². The van der Waals surface area contributed by atoms with Gasteiger partial charge in [0, 0.05) is 30.2 Å². The number of anilines is 1. The second-order valence-corrected chi connectivity index (χ2v) is 6.73. The Morgan fingerprint density at radius 1 is 1.11 bits per heavy atom. The lowest BCUT2D eigenvalue weighted by molar-refractivity contribution is -0.138. The largest absolute Gasteiger partial charge is 0.481 e. The van der Waals surface area contributed by atoms with Gasteiger partial charge in [-0.25, -0.2) is 0 Å². The summed E-state index contributed by atoms with van der Waals surface area (Å²) in [5, 5.41) is 9.75. The molecule has 0 radical (unpaired) electrons. The Balaban J connectivity index is 1.77. The molecule has 0 aliphatic carbocycles. The zero-order valence-electron chi connectivity index (χ0n) is 14.7. The molecule has 8 heteroatoms. The van der Waals surface area contributed by atoms with Crippen molar-refractivity contribution in [3.63, 3.8) is 0 Å². The molecule has 1 amide bonds. The van der Waals surface area contributed by atoms with E-state index >= 15 is 0 Å². The fourth-order valence-electron chi connectivity index (χ4n) is 3.68. The molecule has 2 aromatic carbocycles. The number of alkyl halides is 3. The monoisotopic (exact) mass is 388 g/mol. The van der Waals surface area contributed by atoms with Crippen molar-refractivity contribution in [2.75, 3.05) is 11.4 Å². The Kier molecular flexibility index (Phi) is 3.95. The lowest BCUT2D eigenvalue weighted by atomic mass is 10.0. The van der Waals surface area contributed by atoms with Crippen LogP contribution in [0.25, 0.3) is 10.9 Å². The number of carbonyl (C=O) groups is 2. The number of para-hydroxylation sites is 1. The van der Waals surface area contributed by atoms with Crippen molar-refractivity contribution in [1.82, 2.24) is 4.57 Å². The van der Waals surface area contributed by atoms with E-state index in [4.69, 9.17) is 0 Å². The van der Waals surface area contributed by atoms with Gasteiger partial charge in [0.1, 0.15) is 11.6 Å². The normalized spacial score (nSPS) is 16.4. The Morgan fingerprint density at radius 3 is 2.50 bits per heavy atom. The number of halogens is 3. The maximum absolute atomic E-state index is 13.1. The first-order chi connectivity index (χ1) is 13.2. The third-order valence-corrected chi connectivity index (χ3v) is 5.10. The van der Waals surface area contributed by atoms with Gasteiger partial charge in [-0.05, 0) is 35.9 Å². The van der Waals surface area contributed by atoms with Crippen LogP contribution in [0.4, 0.5) is 18.9 Å². The molecule has 144 valence electrons. The van der Waals surface area contributed by atoms with E-state index in [1.807, 2.05) is 0 Å². The minimum Gasteiger partial charge on any atom is -0.481 e. The maximum Gasteiger partial charge on any atom is 0.416 e. The molecule has 1 N–H and O–H groups in total. The van der Waals surface area contributed by atoms with Gasteiger partial charge in [0.05, 0.1) is 5.56 Å². The average molecular weight is 388 g/mol. The van der Waals surface area contributed by atoms with Crippen LogP contribution in [0.3, 0.4) is 0 Å². The summed E-state index contributed by atoms with van der Waals surface area (Å²) >= 11 is 0. The minimum atomic E-state index is -4.48. The first-order valence-electron chi connectivity index (χ1n) is 8.49. The molecule has 2 heterocycles. The molecule has 0 saturated heterocycles. The average Bonchev–Trinajstić information content (AvgIpc) is 3.19. The standard InChI is InChI=1S/C20H15F3N2O3/c1-24-15-7-6-12(20(21,22)23)8-11(15)9-17(24)18(26)25-10-14(19(27)28)13-4-2-3-5-16(13)25/h2-9,14H,10H2,1H3,(H,27,28). The van der Waals surface area contributed by atoms with Crippen LogP contribution in [0.1, 0.15) is 27.5 Å². The molecular weight excluding hydrogens is 373 g/mol. The van der Waals surface area contributed by atoms with E-state index in [1.165, 1.54) is 21.6 Å². The van der Waals surface area contributed by atoms with Crippen molar-refractivity contribution in [2.45, 2.75) is 12.1 Å². The SMILES string of the molecule is Cn1c(C(=O)N2CC(C(=O)O)c3ccccc32)cc2cc(C(F)(F)F)ccc21. The second-order valence-electron chi connectivity index (χ2n) is 6.73. The topological polar surface area (TPSA) is 62.5 Å². The van der Waals surface area contributed by atoms with Crippen LogP contribution in [-0.4, -0.2) is 28.1 Å². The van der Waals surface area contributed by atoms with Gasteiger partial charge < -0.3 is 14.6 Å². The predicted molar refractivity (Wildman–Crippen MR) is 96.4 cm³/mol. The van der Waals surface area contributed by atoms with Crippen molar-refractivity contribution in [1.29, 1.82) is 0 Å². The summed E-state index contributed by atoms with van der Waals surface area (Å²) in [6.07, 6.45) is -4.48. The molecule has 0 spiro atoms. The Bertz CT molecular complexity index is 1120. The van der Waals surface area contributed by atoms with Crippen LogP contribution >= 0.6 is 0 Å². The van der Waals surface area contributed by atoms with Crippen LogP contribution in [0.15, 0.2) is 48.5 Å². The smallest absolute Gasteiger partial charge is 0.416 e. The third kappa shape index (κ3) is 2.72. The van der Waals surface area contributed by atoms with Crippen LogP contribution < -0.4 is 4.90 Å². The highest BCUT2D eigenvalue weighted by Gasteiger charge is 2.37. The molecule has 3 aromatic rings. The number of amides is 1. The van der Waals surface area contributed by atoms with Crippen LogP contribution in [0.5, 0.6) is 0 Å². The summed E-state index contributed by atoms with van der Waals surface area (Å²) in [6.45, 7) is -0.0250. The number of carboxylic acid groups (broad SMARTS) is 1. The zero-order valence-corrected chi connectivity index (χ0v) is 14.7. The summed E-state index contributed by atoms with van der Waals surface area (Å²) in [5.74, 6) is -2.33. The molecule has 1 aliphatic heterocycles. The Morgan fingerprint density at radius 2 is 1.82 bits per heavy atom. The lowest BCUT2D eigenvalue weighted by Gasteiger charge is -2.18. The van der Waals surface area contributed by atoms with Crippen molar-refractivity contribution in [2.24, 2.45) is 7.05 Å². The first-order valence-corrected chi connectivity index (χ1v) is 8.49. The molecular formula is C20H15F3N2O3. The summed E-state index contributed by atoms with van der Waals surface area (Å²) in [5.41, 5.74) is 0.929. The number of aromatic nitrogens is 1. The quantitative estimate of drug-likeness (QED) is 0.721. The third-order valence-electron chi connectivity index (χ3n) is 5.10. The molecule has 5 nitrogen and oxygen atoms in total. The number of aliphatic carboxylic acids is 1. The molecule has 28 heavy (non-hydrogen) atoms. The molecule has 1 atom stereocenters. The number of rotatable bonds is 2. The number of fused-ring (bicyclic) bond motifs is 2. The van der Waals surface area contributed by atoms with E-state index in [-0.39, 0.29) is 12.2 Å². The highest BCUT2D eigenvalue weighted by molar-refractivity contribution is 6.10. The second kappa shape index (κ2) is 6.12. The molecule has 1 aliphatic rings. The van der Waals surface area contributed by atoms with Gasteiger partial charge in [-0.3, -0.25) is 9.59 Å². The van der Waals surface area contributed by atoms with Gasteiger partial charge in [0.2, 0.25) is 0 Å². The highest BCUT2D eigenvalue weighted by Crippen LogP contribution is 2.38. The Hall–Kier alpha value is -3.29. The number of benzene rings is 2. The van der Waals surface area contributed by atoms with E-state index in [1.54, 1.807) is 31.3 Å². The summed E-state index contributed by atoms with van der Waals surface area (Å²) < 4.78 is 40.4. The number of carboxylic acids is 1. The zero-order chi connectivity index (χ0) is 20.2. The van der Waals surface area contributed by atoms with Crippen molar-refractivity contribution < 1.29 is 27.9 Å².